The highest BCUT2D eigenvalue weighted by Gasteiger charge is 2.24. The van der Waals surface area contributed by atoms with Gasteiger partial charge in [0.15, 0.2) is 0 Å². The van der Waals surface area contributed by atoms with Gasteiger partial charge in [0, 0.05) is 12.2 Å². The summed E-state index contributed by atoms with van der Waals surface area (Å²) >= 11 is 3.96. The number of rotatable bonds is 10. The molecular formula is C17H24N4O5S. The summed E-state index contributed by atoms with van der Waals surface area (Å²) in [6.07, 6.45) is 0.199. The number of nitrogens with one attached hydrogen (secondary N) is 3. The minimum absolute atomic E-state index is 0.112. The Balaban J connectivity index is 2.72. The van der Waals surface area contributed by atoms with E-state index in [-0.39, 0.29) is 12.2 Å². The molecule has 0 radical (unpaired) electrons. The molecule has 3 amide bonds. The lowest BCUT2D eigenvalue weighted by atomic mass is 10.0. The Hall–Kier alpha value is -2.59. The molecule has 0 saturated carbocycles. The zero-order valence-electron chi connectivity index (χ0n) is 14.8. The molecule has 1 aromatic carbocycles. The lowest BCUT2D eigenvalue weighted by Gasteiger charge is -2.20. The first-order valence-corrected chi connectivity index (χ1v) is 8.88. The van der Waals surface area contributed by atoms with E-state index in [1.165, 1.54) is 6.92 Å². The van der Waals surface area contributed by atoms with Crippen molar-refractivity contribution in [1.29, 1.82) is 0 Å². The smallest absolute Gasteiger partial charge is 0.325 e. The molecule has 0 spiro atoms. The van der Waals surface area contributed by atoms with E-state index in [9.17, 15) is 19.2 Å². The van der Waals surface area contributed by atoms with Crippen LogP contribution < -0.4 is 21.7 Å². The molecular weight excluding hydrogens is 372 g/mol. The van der Waals surface area contributed by atoms with Crippen molar-refractivity contribution in [2.24, 2.45) is 5.73 Å². The molecule has 10 heteroatoms. The Bertz CT molecular complexity index is 671. The molecule has 0 saturated heterocycles. The van der Waals surface area contributed by atoms with Crippen LogP contribution >= 0.6 is 12.6 Å². The fourth-order valence-corrected chi connectivity index (χ4v) is 2.23. The number of thiol groups is 1. The number of carboxylic acids is 1. The van der Waals surface area contributed by atoms with Crippen LogP contribution in [0.15, 0.2) is 30.3 Å². The summed E-state index contributed by atoms with van der Waals surface area (Å²) in [6, 6.07) is 6.11. The standard InChI is InChI=1S/C17H24N4O5S/c1-10(17(25)26)20-14(22)8-19-16(24)13(21-15(23)12(18)9-27)7-11-5-3-2-4-6-11/h2-6,10,12-13,27H,7-9,18H2,1H3,(H,19,24)(H,20,22)(H,21,23)(H,25,26). The topological polar surface area (TPSA) is 151 Å². The van der Waals surface area contributed by atoms with Gasteiger partial charge in [-0.05, 0) is 12.5 Å². The molecule has 0 aliphatic carbocycles. The molecule has 1 aromatic rings. The van der Waals surface area contributed by atoms with Crippen LogP contribution in [0.1, 0.15) is 12.5 Å². The van der Waals surface area contributed by atoms with Gasteiger partial charge in [-0.1, -0.05) is 30.3 Å². The maximum atomic E-state index is 12.4. The molecule has 0 aliphatic heterocycles. The summed E-state index contributed by atoms with van der Waals surface area (Å²) < 4.78 is 0. The largest absolute Gasteiger partial charge is 0.480 e. The first kappa shape index (κ1) is 22.5. The zero-order valence-corrected chi connectivity index (χ0v) is 15.7. The van der Waals surface area contributed by atoms with Crippen molar-refractivity contribution in [1.82, 2.24) is 16.0 Å². The molecule has 0 bridgehead atoms. The zero-order chi connectivity index (χ0) is 20.4. The van der Waals surface area contributed by atoms with E-state index in [1.807, 2.05) is 6.07 Å². The number of aliphatic carboxylic acids is 1. The summed E-state index contributed by atoms with van der Waals surface area (Å²) in [5, 5.41) is 15.9. The van der Waals surface area contributed by atoms with Crippen molar-refractivity contribution in [3.8, 4) is 0 Å². The van der Waals surface area contributed by atoms with Crippen LogP contribution in [0.3, 0.4) is 0 Å². The van der Waals surface area contributed by atoms with Crippen molar-refractivity contribution in [3.05, 3.63) is 35.9 Å². The molecule has 0 aliphatic rings. The van der Waals surface area contributed by atoms with Crippen LogP contribution in [0.25, 0.3) is 0 Å². The van der Waals surface area contributed by atoms with Crippen molar-refractivity contribution < 1.29 is 24.3 Å². The summed E-state index contributed by atoms with van der Waals surface area (Å²) in [6.45, 7) is 0.884. The molecule has 0 aromatic heterocycles. The first-order valence-electron chi connectivity index (χ1n) is 8.25. The highest BCUT2D eigenvalue weighted by molar-refractivity contribution is 7.80. The fourth-order valence-electron chi connectivity index (χ4n) is 2.07. The van der Waals surface area contributed by atoms with Gasteiger partial charge in [0.2, 0.25) is 17.7 Å². The van der Waals surface area contributed by atoms with Crippen LogP contribution in [0.5, 0.6) is 0 Å². The molecule has 148 valence electrons. The maximum absolute atomic E-state index is 12.4. The Morgan fingerprint density at radius 1 is 1.11 bits per heavy atom. The molecule has 1 rings (SSSR count). The van der Waals surface area contributed by atoms with E-state index in [4.69, 9.17) is 10.8 Å². The minimum atomic E-state index is -1.19. The molecule has 0 fully saturated rings. The molecule has 6 N–H and O–H groups in total. The average molecular weight is 396 g/mol. The molecule has 27 heavy (non-hydrogen) atoms. The summed E-state index contributed by atoms with van der Waals surface area (Å²) in [7, 11) is 0. The van der Waals surface area contributed by atoms with E-state index in [0.717, 1.165) is 5.56 Å². The fraction of sp³-hybridized carbons (Fsp3) is 0.412. The van der Waals surface area contributed by atoms with Gasteiger partial charge >= 0.3 is 5.97 Å². The summed E-state index contributed by atoms with van der Waals surface area (Å²) in [4.78, 5) is 46.9. The summed E-state index contributed by atoms with van der Waals surface area (Å²) in [5.74, 6) is -2.86. The molecule has 3 atom stereocenters. The van der Waals surface area contributed by atoms with E-state index in [2.05, 4.69) is 28.6 Å². The van der Waals surface area contributed by atoms with Crippen LogP contribution in [-0.2, 0) is 25.6 Å². The average Bonchev–Trinajstić information content (AvgIpc) is 2.65. The van der Waals surface area contributed by atoms with Crippen LogP contribution in [-0.4, -0.2) is 59.2 Å². The SMILES string of the molecule is CC(NC(=O)CNC(=O)C(Cc1ccccc1)NC(=O)C(N)CS)C(=O)O. The van der Waals surface area contributed by atoms with Gasteiger partial charge < -0.3 is 26.8 Å². The van der Waals surface area contributed by atoms with E-state index < -0.39 is 48.4 Å². The quantitative estimate of drug-likeness (QED) is 0.270. The third-order valence-corrected chi connectivity index (χ3v) is 4.01. The van der Waals surface area contributed by atoms with Gasteiger partial charge in [-0.3, -0.25) is 19.2 Å². The maximum Gasteiger partial charge on any atom is 0.325 e. The second-order valence-electron chi connectivity index (χ2n) is 5.89. The van der Waals surface area contributed by atoms with Gasteiger partial charge in [-0.15, -0.1) is 0 Å². The normalized spacial score (nSPS) is 13.7. The van der Waals surface area contributed by atoms with Gasteiger partial charge in [-0.25, -0.2) is 0 Å². The van der Waals surface area contributed by atoms with Crippen LogP contribution in [0, 0.1) is 0 Å². The van der Waals surface area contributed by atoms with E-state index in [0.29, 0.717) is 0 Å². The van der Waals surface area contributed by atoms with Gasteiger partial charge in [0.05, 0.1) is 12.6 Å². The molecule has 0 heterocycles. The third-order valence-electron chi connectivity index (χ3n) is 3.62. The first-order chi connectivity index (χ1) is 12.7. The number of amides is 3. The van der Waals surface area contributed by atoms with E-state index >= 15 is 0 Å². The Morgan fingerprint density at radius 3 is 2.30 bits per heavy atom. The van der Waals surface area contributed by atoms with Crippen molar-refractivity contribution in [2.45, 2.75) is 31.5 Å². The highest BCUT2D eigenvalue weighted by Crippen LogP contribution is 2.04. The Kier molecular flexibility index (Phi) is 9.31. The van der Waals surface area contributed by atoms with Crippen molar-refractivity contribution in [2.75, 3.05) is 12.3 Å². The van der Waals surface area contributed by atoms with Crippen molar-refractivity contribution >= 4 is 36.3 Å². The minimum Gasteiger partial charge on any atom is -0.480 e. The summed E-state index contributed by atoms with van der Waals surface area (Å²) in [5.41, 5.74) is 6.43. The highest BCUT2D eigenvalue weighted by atomic mass is 32.1. The monoisotopic (exact) mass is 396 g/mol. The number of carbonyl (C=O) groups excluding carboxylic acids is 3. The number of nitrogens with two attached hydrogens (primary N) is 1. The number of carbonyl (C=O) groups is 4. The second-order valence-corrected chi connectivity index (χ2v) is 6.25. The molecule has 9 nitrogen and oxygen atoms in total. The Labute approximate surface area is 162 Å². The predicted octanol–water partition coefficient (Wildman–Crippen LogP) is -1.32. The number of hydrogen-bond acceptors (Lipinski definition) is 6. The molecule has 3 unspecified atom stereocenters. The van der Waals surface area contributed by atoms with Crippen molar-refractivity contribution in [3.63, 3.8) is 0 Å². The van der Waals surface area contributed by atoms with Crippen LogP contribution in [0.4, 0.5) is 0 Å². The van der Waals surface area contributed by atoms with Gasteiger partial charge in [-0.2, -0.15) is 12.6 Å². The second kappa shape index (κ2) is 11.2. The number of carboxylic acid groups (broad SMARTS) is 1. The van der Waals surface area contributed by atoms with Crippen LogP contribution in [0.2, 0.25) is 0 Å². The number of benzene rings is 1. The van der Waals surface area contributed by atoms with Gasteiger partial charge in [0.25, 0.3) is 0 Å². The lowest BCUT2D eigenvalue weighted by molar-refractivity contribution is -0.141. The van der Waals surface area contributed by atoms with E-state index in [1.54, 1.807) is 24.3 Å². The third kappa shape index (κ3) is 8.09. The predicted molar refractivity (Wildman–Crippen MR) is 102 cm³/mol. The number of hydrogen-bond donors (Lipinski definition) is 6. The lowest BCUT2D eigenvalue weighted by Crippen LogP contribution is -2.54. The van der Waals surface area contributed by atoms with Gasteiger partial charge in [0.1, 0.15) is 12.1 Å². The Morgan fingerprint density at radius 2 is 1.74 bits per heavy atom.